The first kappa shape index (κ1) is 21.3. The Morgan fingerprint density at radius 1 is 1.03 bits per heavy atom. The Hall–Kier alpha value is -2.90. The third kappa shape index (κ3) is 4.73. The summed E-state index contributed by atoms with van der Waals surface area (Å²) in [7, 11) is 1.62. The van der Waals surface area contributed by atoms with Gasteiger partial charge in [0.15, 0.2) is 0 Å². The lowest BCUT2D eigenvalue weighted by Crippen LogP contribution is -2.28. The predicted molar refractivity (Wildman–Crippen MR) is 127 cm³/mol. The van der Waals surface area contributed by atoms with Crippen molar-refractivity contribution in [2.45, 2.75) is 19.3 Å². The average Bonchev–Trinajstić information content (AvgIpc) is 3.14. The molecule has 4 rings (SSSR count). The molecule has 0 radical (unpaired) electrons. The second-order valence-electron chi connectivity index (χ2n) is 7.28. The minimum atomic E-state index is -0.136. The smallest absolute Gasteiger partial charge is 0.205 e. The molecule has 2 aromatic carbocycles. The number of methoxy groups -OCH3 is 1. The van der Waals surface area contributed by atoms with Gasteiger partial charge < -0.3 is 15.4 Å². The van der Waals surface area contributed by atoms with Crippen molar-refractivity contribution >= 4 is 50.8 Å². The summed E-state index contributed by atoms with van der Waals surface area (Å²) in [5.74, 6) is 0.613. The lowest BCUT2D eigenvalue weighted by atomic mass is 10.1. The lowest BCUT2D eigenvalue weighted by molar-refractivity contribution is 0.104. The third-order valence-corrected chi connectivity index (χ3v) is 6.70. The molecule has 160 valence electrons. The monoisotopic (exact) mass is 454 g/mol. The molecule has 1 fully saturated rings. The van der Waals surface area contributed by atoms with Gasteiger partial charge in [0.25, 0.3) is 0 Å². The number of nitrogens with two attached hydrogens (primary N) is 1. The summed E-state index contributed by atoms with van der Waals surface area (Å²) < 4.78 is 5.19. The number of carbonyl (C=O) groups is 1. The highest BCUT2D eigenvalue weighted by atomic mass is 35.5. The molecule has 0 unspecified atom stereocenters. The van der Waals surface area contributed by atoms with Crippen LogP contribution >= 0.6 is 22.9 Å². The fourth-order valence-electron chi connectivity index (χ4n) is 3.49. The van der Waals surface area contributed by atoms with E-state index in [1.807, 2.05) is 24.3 Å². The van der Waals surface area contributed by atoms with Crippen LogP contribution in [-0.4, -0.2) is 26.0 Å². The Bertz CT molecular complexity index is 1090. The standard InChI is InChI=1S/C23H23ClN4O2S/c1-30-18-11-9-17(10-12-18)26-27-20-19(25)22(21(29)15-5-7-16(24)8-6-15)31-23(20)28-13-3-2-4-14-28/h5-12H,2-4,13-14,25H2,1H3. The van der Waals surface area contributed by atoms with Crippen LogP contribution in [0.4, 0.5) is 22.1 Å². The summed E-state index contributed by atoms with van der Waals surface area (Å²) in [6.45, 7) is 1.83. The first-order valence-corrected chi connectivity index (χ1v) is 11.3. The van der Waals surface area contributed by atoms with E-state index < -0.39 is 0 Å². The molecule has 3 aromatic rings. The molecule has 6 nitrogen and oxygen atoms in total. The molecular formula is C23H23ClN4O2S. The quantitative estimate of drug-likeness (QED) is 0.335. The van der Waals surface area contributed by atoms with Gasteiger partial charge in [0, 0.05) is 23.7 Å². The van der Waals surface area contributed by atoms with Gasteiger partial charge in [-0.15, -0.1) is 16.5 Å². The van der Waals surface area contributed by atoms with Crippen molar-refractivity contribution in [1.29, 1.82) is 0 Å². The van der Waals surface area contributed by atoms with E-state index in [1.54, 1.807) is 31.4 Å². The van der Waals surface area contributed by atoms with Crippen molar-refractivity contribution in [2.75, 3.05) is 30.8 Å². The summed E-state index contributed by atoms with van der Waals surface area (Å²) in [6.07, 6.45) is 3.41. The maximum atomic E-state index is 13.2. The van der Waals surface area contributed by atoms with E-state index in [0.717, 1.165) is 36.7 Å². The zero-order chi connectivity index (χ0) is 21.8. The van der Waals surface area contributed by atoms with Crippen LogP contribution in [0.1, 0.15) is 34.5 Å². The average molecular weight is 455 g/mol. The maximum absolute atomic E-state index is 13.2. The number of thiophene rings is 1. The lowest BCUT2D eigenvalue weighted by Gasteiger charge is -2.27. The molecule has 0 spiro atoms. The zero-order valence-corrected chi connectivity index (χ0v) is 18.7. The number of carbonyl (C=O) groups excluding carboxylic acids is 1. The fourth-order valence-corrected chi connectivity index (χ4v) is 4.78. The molecule has 1 saturated heterocycles. The molecule has 8 heteroatoms. The van der Waals surface area contributed by atoms with Crippen LogP contribution in [0.5, 0.6) is 5.75 Å². The number of hydrogen-bond donors (Lipinski definition) is 1. The van der Waals surface area contributed by atoms with Crippen molar-refractivity contribution in [3.8, 4) is 5.75 Å². The van der Waals surface area contributed by atoms with Crippen molar-refractivity contribution < 1.29 is 9.53 Å². The molecule has 2 heterocycles. The second kappa shape index (κ2) is 9.49. The predicted octanol–water partition coefficient (Wildman–Crippen LogP) is 6.63. The summed E-state index contributed by atoms with van der Waals surface area (Å²) >= 11 is 7.35. The van der Waals surface area contributed by atoms with Gasteiger partial charge in [0.1, 0.15) is 21.3 Å². The van der Waals surface area contributed by atoms with Gasteiger partial charge in [-0.05, 0) is 67.8 Å². The maximum Gasteiger partial charge on any atom is 0.205 e. The van der Waals surface area contributed by atoms with Crippen LogP contribution in [-0.2, 0) is 0 Å². The summed E-state index contributed by atoms with van der Waals surface area (Å²) in [6, 6.07) is 14.1. The van der Waals surface area contributed by atoms with Crippen LogP contribution in [0.3, 0.4) is 0 Å². The molecule has 31 heavy (non-hydrogen) atoms. The summed E-state index contributed by atoms with van der Waals surface area (Å²) in [5.41, 5.74) is 8.60. The Morgan fingerprint density at radius 2 is 1.71 bits per heavy atom. The van der Waals surface area contributed by atoms with E-state index in [0.29, 0.717) is 32.5 Å². The molecule has 1 aliphatic heterocycles. The first-order valence-electron chi connectivity index (χ1n) is 10.1. The Kier molecular flexibility index (Phi) is 6.53. The number of piperidine rings is 1. The summed E-state index contributed by atoms with van der Waals surface area (Å²) in [4.78, 5) is 15.9. The molecule has 0 aliphatic carbocycles. The number of halogens is 1. The summed E-state index contributed by atoms with van der Waals surface area (Å²) in [5, 5.41) is 10.3. The largest absolute Gasteiger partial charge is 0.497 e. The Labute approximate surface area is 190 Å². The normalized spacial score (nSPS) is 14.2. The Balaban J connectivity index is 1.71. The third-order valence-electron chi connectivity index (χ3n) is 5.19. The first-order chi connectivity index (χ1) is 15.1. The molecule has 2 N–H and O–H groups in total. The van der Waals surface area contributed by atoms with E-state index in [1.165, 1.54) is 17.8 Å². The second-order valence-corrected chi connectivity index (χ2v) is 8.72. The molecule has 1 aromatic heterocycles. The van der Waals surface area contributed by atoms with Gasteiger partial charge in [-0.25, -0.2) is 0 Å². The number of ether oxygens (including phenoxy) is 1. The minimum absolute atomic E-state index is 0.136. The van der Waals surface area contributed by atoms with Crippen LogP contribution in [0.25, 0.3) is 0 Å². The van der Waals surface area contributed by atoms with Gasteiger partial charge in [-0.1, -0.05) is 11.6 Å². The molecule has 0 atom stereocenters. The van der Waals surface area contributed by atoms with Gasteiger partial charge >= 0.3 is 0 Å². The van der Waals surface area contributed by atoms with Gasteiger partial charge in [0.05, 0.1) is 18.5 Å². The number of hydrogen-bond acceptors (Lipinski definition) is 7. The van der Waals surface area contributed by atoms with Crippen LogP contribution in [0, 0.1) is 0 Å². The topological polar surface area (TPSA) is 80.3 Å². The highest BCUT2D eigenvalue weighted by molar-refractivity contribution is 7.19. The van der Waals surface area contributed by atoms with Crippen molar-refractivity contribution in [1.82, 2.24) is 0 Å². The number of rotatable bonds is 6. The molecule has 0 saturated carbocycles. The van der Waals surface area contributed by atoms with E-state index >= 15 is 0 Å². The molecular weight excluding hydrogens is 432 g/mol. The number of nitrogen functional groups attached to an aromatic ring is 1. The SMILES string of the molecule is COc1ccc(N=Nc2c(N3CCCCC3)sc(C(=O)c3ccc(Cl)cc3)c2N)cc1. The van der Waals surface area contributed by atoms with Gasteiger partial charge in [-0.2, -0.15) is 5.11 Å². The van der Waals surface area contributed by atoms with Gasteiger partial charge in [0.2, 0.25) is 5.78 Å². The number of ketones is 1. The highest BCUT2D eigenvalue weighted by Gasteiger charge is 2.26. The van der Waals surface area contributed by atoms with E-state index in [-0.39, 0.29) is 5.78 Å². The number of benzene rings is 2. The van der Waals surface area contributed by atoms with Crippen molar-refractivity contribution in [3.63, 3.8) is 0 Å². The highest BCUT2D eigenvalue weighted by Crippen LogP contribution is 2.47. The molecule has 0 bridgehead atoms. The van der Waals surface area contributed by atoms with Crippen molar-refractivity contribution in [3.05, 3.63) is 64.0 Å². The number of anilines is 2. The fraction of sp³-hybridized carbons (Fsp3) is 0.261. The van der Waals surface area contributed by atoms with E-state index in [4.69, 9.17) is 22.1 Å². The minimum Gasteiger partial charge on any atom is -0.497 e. The van der Waals surface area contributed by atoms with Crippen LogP contribution < -0.4 is 15.4 Å². The van der Waals surface area contributed by atoms with Crippen LogP contribution in [0.2, 0.25) is 5.02 Å². The number of azo groups is 1. The van der Waals surface area contributed by atoms with Crippen LogP contribution in [0.15, 0.2) is 58.8 Å². The van der Waals surface area contributed by atoms with E-state index in [2.05, 4.69) is 15.1 Å². The zero-order valence-electron chi connectivity index (χ0n) is 17.2. The molecule has 0 amide bonds. The van der Waals surface area contributed by atoms with E-state index in [9.17, 15) is 4.79 Å². The number of nitrogens with zero attached hydrogens (tertiary/aromatic N) is 3. The van der Waals surface area contributed by atoms with Crippen molar-refractivity contribution in [2.24, 2.45) is 10.2 Å². The van der Waals surface area contributed by atoms with Gasteiger partial charge in [-0.3, -0.25) is 4.79 Å². The Morgan fingerprint density at radius 3 is 2.35 bits per heavy atom. The molecule has 1 aliphatic rings.